The Kier molecular flexibility index (Phi) is 5.42. The first kappa shape index (κ1) is 22.5. The first-order chi connectivity index (χ1) is 14.2. The van der Waals surface area contributed by atoms with Crippen LogP contribution in [-0.4, -0.2) is 37.3 Å². The largest absolute Gasteiger partial charge is 0.433 e. The summed E-state index contributed by atoms with van der Waals surface area (Å²) in [6.07, 6.45) is -11.3. The van der Waals surface area contributed by atoms with Crippen LogP contribution < -0.4 is 5.32 Å². The van der Waals surface area contributed by atoms with Crippen molar-refractivity contribution in [1.82, 2.24) is 14.5 Å². The summed E-state index contributed by atoms with van der Waals surface area (Å²) in [6.45, 7) is 0.396. The van der Waals surface area contributed by atoms with Gasteiger partial charge < -0.3 is 5.11 Å². The van der Waals surface area contributed by atoms with Gasteiger partial charge in [0.1, 0.15) is 17.0 Å². The number of carbonyl (C=O) groups is 1. The fourth-order valence-electron chi connectivity index (χ4n) is 2.62. The van der Waals surface area contributed by atoms with Gasteiger partial charge in [-0.25, -0.2) is 14.4 Å². The molecule has 0 unspecified atom stereocenters. The Labute approximate surface area is 169 Å². The lowest BCUT2D eigenvalue weighted by atomic mass is 10.0. The van der Waals surface area contributed by atoms with E-state index in [0.717, 1.165) is 34.9 Å². The maximum atomic E-state index is 13.3. The van der Waals surface area contributed by atoms with E-state index in [4.69, 9.17) is 0 Å². The smallest absolute Gasteiger partial charge is 0.380 e. The van der Waals surface area contributed by atoms with Crippen molar-refractivity contribution in [3.05, 3.63) is 47.9 Å². The number of nitrogens with zero attached hydrogens (tertiary/aromatic N) is 3. The van der Waals surface area contributed by atoms with Crippen LogP contribution in [0.1, 0.15) is 19.0 Å². The predicted octanol–water partition coefficient (Wildman–Crippen LogP) is 4.22. The quantitative estimate of drug-likeness (QED) is 0.584. The number of aromatic nitrogens is 3. The molecule has 3 rings (SSSR count). The van der Waals surface area contributed by atoms with Crippen LogP contribution in [0, 0.1) is 5.82 Å². The van der Waals surface area contributed by atoms with Gasteiger partial charge in [0.05, 0.1) is 12.1 Å². The van der Waals surface area contributed by atoms with Crippen LogP contribution in [-0.2, 0) is 11.0 Å². The van der Waals surface area contributed by atoms with Gasteiger partial charge in [-0.05, 0) is 43.3 Å². The minimum atomic E-state index is -5.11. The topological polar surface area (TPSA) is 80.0 Å². The number of anilines is 1. The fraction of sp³-hybridized carbons (Fsp3) is 0.278. The second-order valence-corrected chi connectivity index (χ2v) is 6.78. The Hall–Kier alpha value is -3.22. The predicted molar refractivity (Wildman–Crippen MR) is 93.8 cm³/mol. The van der Waals surface area contributed by atoms with E-state index in [9.17, 15) is 40.6 Å². The van der Waals surface area contributed by atoms with Crippen molar-refractivity contribution < 1.29 is 40.6 Å². The van der Waals surface area contributed by atoms with E-state index < -0.39 is 47.7 Å². The first-order valence-electron chi connectivity index (χ1n) is 8.51. The molecule has 31 heavy (non-hydrogen) atoms. The zero-order valence-corrected chi connectivity index (χ0v) is 15.5. The van der Waals surface area contributed by atoms with Crippen LogP contribution in [0.4, 0.5) is 36.7 Å². The van der Waals surface area contributed by atoms with Crippen molar-refractivity contribution in [3.8, 4) is 5.69 Å². The number of amides is 1. The third kappa shape index (κ3) is 4.60. The fourth-order valence-corrected chi connectivity index (χ4v) is 2.62. The van der Waals surface area contributed by atoms with Crippen molar-refractivity contribution in [2.24, 2.45) is 0 Å². The first-order valence-corrected chi connectivity index (χ1v) is 8.51. The molecule has 3 aromatic rings. The average Bonchev–Trinajstić information content (AvgIpc) is 2.97. The van der Waals surface area contributed by atoms with Gasteiger partial charge in [0.25, 0.3) is 0 Å². The molecule has 0 spiro atoms. The second-order valence-electron chi connectivity index (χ2n) is 6.78. The number of benzene rings is 1. The maximum absolute atomic E-state index is 13.3. The summed E-state index contributed by atoms with van der Waals surface area (Å²) in [5.41, 5.74) is -5.09. The van der Waals surface area contributed by atoms with Crippen LogP contribution in [0.3, 0.4) is 0 Å². The molecule has 0 saturated carbocycles. The van der Waals surface area contributed by atoms with E-state index in [1.165, 1.54) is 0 Å². The third-order valence-electron chi connectivity index (χ3n) is 4.25. The Morgan fingerprint density at radius 2 is 1.65 bits per heavy atom. The SMILES string of the molecule is C[C@@](O)(CC(=O)Nc1nc2ccc(C(F)(F)F)nc2n1-c1ccc(F)cc1)C(F)(F)F. The number of imidazole rings is 1. The normalized spacial score (nSPS) is 14.5. The minimum Gasteiger partial charge on any atom is -0.380 e. The highest BCUT2D eigenvalue weighted by Gasteiger charge is 2.51. The molecule has 1 aromatic carbocycles. The van der Waals surface area contributed by atoms with Gasteiger partial charge in [-0.2, -0.15) is 26.3 Å². The van der Waals surface area contributed by atoms with E-state index in [0.29, 0.717) is 13.0 Å². The van der Waals surface area contributed by atoms with Gasteiger partial charge in [-0.1, -0.05) is 0 Å². The number of hydrogen-bond donors (Lipinski definition) is 2. The Balaban J connectivity index is 2.09. The Morgan fingerprint density at radius 3 is 2.19 bits per heavy atom. The van der Waals surface area contributed by atoms with E-state index in [1.54, 1.807) is 0 Å². The second kappa shape index (κ2) is 7.48. The summed E-state index contributed by atoms with van der Waals surface area (Å²) >= 11 is 0. The lowest BCUT2D eigenvalue weighted by Crippen LogP contribution is -2.45. The summed E-state index contributed by atoms with van der Waals surface area (Å²) in [5, 5.41) is 11.5. The number of hydrogen-bond acceptors (Lipinski definition) is 4. The van der Waals surface area contributed by atoms with Gasteiger partial charge >= 0.3 is 12.4 Å². The van der Waals surface area contributed by atoms with Crippen LogP contribution in [0.2, 0.25) is 0 Å². The number of halogens is 7. The van der Waals surface area contributed by atoms with Crippen molar-refractivity contribution in [3.63, 3.8) is 0 Å². The molecule has 0 aliphatic heterocycles. The zero-order chi connectivity index (χ0) is 23.2. The highest BCUT2D eigenvalue weighted by molar-refractivity contribution is 5.92. The van der Waals surface area contributed by atoms with Crippen LogP contribution in [0.15, 0.2) is 36.4 Å². The highest BCUT2D eigenvalue weighted by atomic mass is 19.4. The van der Waals surface area contributed by atoms with E-state index in [2.05, 4.69) is 9.97 Å². The number of rotatable bonds is 4. The molecule has 1 atom stereocenters. The molecule has 2 N–H and O–H groups in total. The monoisotopic (exact) mass is 450 g/mol. The van der Waals surface area contributed by atoms with Gasteiger partial charge in [0, 0.05) is 0 Å². The number of aliphatic hydroxyl groups is 1. The molecule has 6 nitrogen and oxygen atoms in total. The van der Waals surface area contributed by atoms with Crippen LogP contribution in [0.5, 0.6) is 0 Å². The molecule has 13 heteroatoms. The number of carbonyl (C=O) groups excluding carboxylic acids is 1. The molecule has 1 amide bonds. The molecular formula is C18H13F7N4O2. The lowest BCUT2D eigenvalue weighted by Gasteiger charge is -2.25. The molecule has 0 fully saturated rings. The number of alkyl halides is 6. The minimum absolute atomic E-state index is 0.0357. The molecule has 2 aromatic heterocycles. The average molecular weight is 450 g/mol. The molecule has 0 radical (unpaired) electrons. The molecule has 0 aliphatic carbocycles. The van der Waals surface area contributed by atoms with E-state index in [-0.39, 0.29) is 16.9 Å². The molecule has 0 aliphatic rings. The van der Waals surface area contributed by atoms with Gasteiger partial charge in [-0.3, -0.25) is 14.7 Å². The molecule has 0 saturated heterocycles. The van der Waals surface area contributed by atoms with Gasteiger partial charge in [0.2, 0.25) is 11.9 Å². The molecule has 166 valence electrons. The van der Waals surface area contributed by atoms with Crippen LogP contribution >= 0.6 is 0 Å². The molecule has 0 bridgehead atoms. The van der Waals surface area contributed by atoms with Gasteiger partial charge in [-0.15, -0.1) is 0 Å². The van der Waals surface area contributed by atoms with Gasteiger partial charge in [0.15, 0.2) is 11.2 Å². The number of fused-ring (bicyclic) bond motifs is 1. The van der Waals surface area contributed by atoms with E-state index >= 15 is 0 Å². The highest BCUT2D eigenvalue weighted by Crippen LogP contribution is 2.34. The molecular weight excluding hydrogens is 437 g/mol. The number of nitrogens with one attached hydrogen (secondary N) is 1. The van der Waals surface area contributed by atoms with Crippen molar-refractivity contribution in [2.75, 3.05) is 5.32 Å². The Bertz CT molecular complexity index is 1120. The Morgan fingerprint density at radius 1 is 1.03 bits per heavy atom. The summed E-state index contributed by atoms with van der Waals surface area (Å²) < 4.78 is 91.9. The maximum Gasteiger partial charge on any atom is 0.433 e. The summed E-state index contributed by atoms with van der Waals surface area (Å²) in [4.78, 5) is 19.5. The van der Waals surface area contributed by atoms with Crippen LogP contribution in [0.25, 0.3) is 16.9 Å². The van der Waals surface area contributed by atoms with Crippen molar-refractivity contribution in [1.29, 1.82) is 0 Å². The van der Waals surface area contributed by atoms with Crippen molar-refractivity contribution in [2.45, 2.75) is 31.3 Å². The number of pyridine rings is 1. The summed E-state index contributed by atoms with van der Waals surface area (Å²) in [6, 6.07) is 5.88. The standard InChI is InChI=1S/C18H13F7N4O2/c1-16(31,18(23,24)25)8-13(30)28-15-26-11-6-7-12(17(20,21)22)27-14(11)29(15)10-4-2-9(19)3-5-10/h2-7,31H,8H2,1H3,(H,26,28,30)/t16-/m1/s1. The zero-order valence-electron chi connectivity index (χ0n) is 15.5. The van der Waals surface area contributed by atoms with Crippen molar-refractivity contribution >= 4 is 23.0 Å². The lowest BCUT2D eigenvalue weighted by molar-refractivity contribution is -0.252. The summed E-state index contributed by atoms with van der Waals surface area (Å²) in [7, 11) is 0. The summed E-state index contributed by atoms with van der Waals surface area (Å²) in [5.74, 6) is -2.43. The third-order valence-corrected chi connectivity index (χ3v) is 4.25. The molecule has 2 heterocycles. The van der Waals surface area contributed by atoms with E-state index in [1.807, 2.05) is 5.32 Å².